The van der Waals surface area contributed by atoms with Gasteiger partial charge in [0.05, 0.1) is 0 Å². The summed E-state index contributed by atoms with van der Waals surface area (Å²) >= 11 is 6.76. The van der Waals surface area contributed by atoms with Gasteiger partial charge in [0.25, 0.3) is 0 Å². The number of rotatable bonds is 4. The van der Waals surface area contributed by atoms with E-state index in [9.17, 15) is 13.2 Å². The molecule has 0 saturated heterocycles. The summed E-state index contributed by atoms with van der Waals surface area (Å²) in [7, 11) is 0. The van der Waals surface area contributed by atoms with Crippen LogP contribution in [0, 0.1) is 0 Å². The van der Waals surface area contributed by atoms with E-state index in [1.165, 1.54) is 18.2 Å². The summed E-state index contributed by atoms with van der Waals surface area (Å²) < 4.78 is 42.2. The summed E-state index contributed by atoms with van der Waals surface area (Å²) in [5, 5.41) is 3.14. The van der Waals surface area contributed by atoms with Crippen LogP contribution in [0.25, 0.3) is 0 Å². The maximum Gasteiger partial charge on any atom is 0.573 e. The summed E-state index contributed by atoms with van der Waals surface area (Å²) in [5.41, 5.74) is 1.53. The van der Waals surface area contributed by atoms with E-state index < -0.39 is 6.36 Å². The molecule has 0 bridgehead atoms. The molecule has 21 heavy (non-hydrogen) atoms. The SMILES string of the molecule is FC(F)(F)Oc1cccc(CNc2ccc(Br)cc2Br)c1. The molecule has 1 N–H and O–H groups in total. The van der Waals surface area contributed by atoms with Crippen LogP contribution >= 0.6 is 31.9 Å². The fourth-order valence-corrected chi connectivity index (χ4v) is 2.87. The van der Waals surface area contributed by atoms with E-state index in [1.807, 2.05) is 18.2 Å². The number of alkyl halides is 3. The summed E-state index contributed by atoms with van der Waals surface area (Å²) in [5.74, 6) is -0.225. The molecule has 0 aliphatic rings. The van der Waals surface area contributed by atoms with Crippen molar-refractivity contribution >= 4 is 37.5 Å². The van der Waals surface area contributed by atoms with Crippen LogP contribution in [0.2, 0.25) is 0 Å². The molecule has 0 aliphatic heterocycles. The second-order valence-electron chi connectivity index (χ2n) is 4.17. The highest BCUT2D eigenvalue weighted by Crippen LogP contribution is 2.27. The van der Waals surface area contributed by atoms with Gasteiger partial charge in [-0.15, -0.1) is 13.2 Å². The molecule has 2 aromatic carbocycles. The highest BCUT2D eigenvalue weighted by atomic mass is 79.9. The average Bonchev–Trinajstić information content (AvgIpc) is 2.36. The van der Waals surface area contributed by atoms with Crippen molar-refractivity contribution in [3.63, 3.8) is 0 Å². The van der Waals surface area contributed by atoms with Crippen molar-refractivity contribution in [1.29, 1.82) is 0 Å². The van der Waals surface area contributed by atoms with Crippen LogP contribution in [-0.2, 0) is 6.54 Å². The van der Waals surface area contributed by atoms with E-state index >= 15 is 0 Å². The number of nitrogens with one attached hydrogen (secondary N) is 1. The number of anilines is 1. The second-order valence-corrected chi connectivity index (χ2v) is 5.94. The van der Waals surface area contributed by atoms with Gasteiger partial charge in [-0.05, 0) is 51.8 Å². The Kier molecular flexibility index (Phi) is 5.16. The molecule has 0 saturated carbocycles. The lowest BCUT2D eigenvalue weighted by molar-refractivity contribution is -0.274. The van der Waals surface area contributed by atoms with Gasteiger partial charge in [-0.1, -0.05) is 28.1 Å². The quantitative estimate of drug-likeness (QED) is 0.677. The molecule has 2 aromatic rings. The maximum atomic E-state index is 12.2. The van der Waals surface area contributed by atoms with Gasteiger partial charge in [-0.2, -0.15) is 0 Å². The summed E-state index contributed by atoms with van der Waals surface area (Å²) in [6, 6.07) is 11.5. The summed E-state index contributed by atoms with van der Waals surface area (Å²) in [4.78, 5) is 0. The smallest absolute Gasteiger partial charge is 0.406 e. The van der Waals surface area contributed by atoms with Gasteiger partial charge < -0.3 is 10.1 Å². The zero-order valence-electron chi connectivity index (χ0n) is 10.5. The van der Waals surface area contributed by atoms with Crippen LogP contribution in [-0.4, -0.2) is 6.36 Å². The van der Waals surface area contributed by atoms with Crippen molar-refractivity contribution in [1.82, 2.24) is 0 Å². The second kappa shape index (κ2) is 6.70. The van der Waals surface area contributed by atoms with Crippen molar-refractivity contribution < 1.29 is 17.9 Å². The van der Waals surface area contributed by atoms with Gasteiger partial charge in [-0.25, -0.2) is 0 Å². The molecule has 2 nitrogen and oxygen atoms in total. The van der Waals surface area contributed by atoms with Crippen molar-refractivity contribution in [2.24, 2.45) is 0 Å². The van der Waals surface area contributed by atoms with Gasteiger partial charge in [0.15, 0.2) is 0 Å². The van der Waals surface area contributed by atoms with Crippen molar-refractivity contribution in [2.75, 3.05) is 5.32 Å². The number of hydrogen-bond donors (Lipinski definition) is 1. The van der Waals surface area contributed by atoms with Crippen LogP contribution < -0.4 is 10.1 Å². The predicted molar refractivity (Wildman–Crippen MR) is 82.3 cm³/mol. The first kappa shape index (κ1) is 16.2. The monoisotopic (exact) mass is 423 g/mol. The lowest BCUT2D eigenvalue weighted by atomic mass is 10.2. The Labute approximate surface area is 136 Å². The van der Waals surface area contributed by atoms with Crippen LogP contribution in [0.1, 0.15) is 5.56 Å². The van der Waals surface area contributed by atoms with Crippen LogP contribution in [0.5, 0.6) is 5.75 Å². The molecule has 0 unspecified atom stereocenters. The van der Waals surface area contributed by atoms with E-state index in [2.05, 4.69) is 41.9 Å². The van der Waals surface area contributed by atoms with E-state index in [0.29, 0.717) is 12.1 Å². The van der Waals surface area contributed by atoms with Gasteiger partial charge in [0.2, 0.25) is 0 Å². The largest absolute Gasteiger partial charge is 0.573 e. The lowest BCUT2D eigenvalue weighted by Gasteiger charge is -2.12. The first-order chi connectivity index (χ1) is 9.83. The molecule has 0 atom stereocenters. The van der Waals surface area contributed by atoms with E-state index in [4.69, 9.17) is 0 Å². The molecule has 0 heterocycles. The summed E-state index contributed by atoms with van der Waals surface area (Å²) in [6.07, 6.45) is -4.68. The molecule has 112 valence electrons. The molecule has 2 rings (SSSR count). The van der Waals surface area contributed by atoms with Gasteiger partial charge in [-0.3, -0.25) is 0 Å². The molecular formula is C14H10Br2F3NO. The minimum absolute atomic E-state index is 0.225. The Balaban J connectivity index is 2.05. The number of benzene rings is 2. The topological polar surface area (TPSA) is 21.3 Å². The molecule has 0 aliphatic carbocycles. The molecule has 0 amide bonds. The zero-order valence-corrected chi connectivity index (χ0v) is 13.7. The Morgan fingerprint density at radius 2 is 1.81 bits per heavy atom. The normalized spacial score (nSPS) is 11.3. The van der Waals surface area contributed by atoms with Crippen molar-refractivity contribution in [3.05, 3.63) is 57.0 Å². The predicted octanol–water partition coefficient (Wildman–Crippen LogP) is 5.72. The zero-order chi connectivity index (χ0) is 15.5. The third-order valence-electron chi connectivity index (χ3n) is 2.55. The van der Waals surface area contributed by atoms with E-state index in [1.54, 1.807) is 6.07 Å². The Morgan fingerprint density at radius 3 is 2.48 bits per heavy atom. The first-order valence-electron chi connectivity index (χ1n) is 5.87. The fraction of sp³-hybridized carbons (Fsp3) is 0.143. The highest BCUT2D eigenvalue weighted by Gasteiger charge is 2.31. The number of halogens is 5. The molecule has 0 aromatic heterocycles. The molecular weight excluding hydrogens is 415 g/mol. The maximum absolute atomic E-state index is 12.2. The minimum atomic E-state index is -4.68. The standard InChI is InChI=1S/C14H10Br2F3NO/c15-10-4-5-13(12(16)7-10)20-8-9-2-1-3-11(6-9)21-14(17,18)19/h1-7,20H,8H2. The Hall–Kier alpha value is -1.21. The van der Waals surface area contributed by atoms with Crippen LogP contribution in [0.15, 0.2) is 51.4 Å². The molecule has 7 heteroatoms. The fourth-order valence-electron chi connectivity index (χ4n) is 1.68. The van der Waals surface area contributed by atoms with Crippen molar-refractivity contribution in [2.45, 2.75) is 12.9 Å². The minimum Gasteiger partial charge on any atom is -0.406 e. The average molecular weight is 425 g/mol. The lowest BCUT2D eigenvalue weighted by Crippen LogP contribution is -2.17. The van der Waals surface area contributed by atoms with Gasteiger partial charge >= 0.3 is 6.36 Å². The molecule has 0 spiro atoms. The Bertz CT molecular complexity index is 632. The highest BCUT2D eigenvalue weighted by molar-refractivity contribution is 9.11. The third kappa shape index (κ3) is 5.24. The molecule has 0 fully saturated rings. The number of ether oxygens (including phenoxy) is 1. The van der Waals surface area contributed by atoms with Gasteiger partial charge in [0, 0.05) is 21.2 Å². The first-order valence-corrected chi connectivity index (χ1v) is 7.46. The Morgan fingerprint density at radius 1 is 1.05 bits per heavy atom. The van der Waals surface area contributed by atoms with E-state index in [-0.39, 0.29) is 5.75 Å². The van der Waals surface area contributed by atoms with Gasteiger partial charge in [0.1, 0.15) is 5.75 Å². The molecule has 0 radical (unpaired) electrons. The van der Waals surface area contributed by atoms with Crippen LogP contribution in [0.4, 0.5) is 18.9 Å². The van der Waals surface area contributed by atoms with Crippen LogP contribution in [0.3, 0.4) is 0 Å². The van der Waals surface area contributed by atoms with E-state index in [0.717, 1.165) is 14.6 Å². The summed E-state index contributed by atoms with van der Waals surface area (Å²) in [6.45, 7) is 0.384. The number of hydrogen-bond acceptors (Lipinski definition) is 2. The van der Waals surface area contributed by atoms with Crippen molar-refractivity contribution in [3.8, 4) is 5.75 Å². The third-order valence-corrected chi connectivity index (χ3v) is 3.70.